The van der Waals surface area contributed by atoms with Crippen molar-refractivity contribution in [1.82, 2.24) is 9.96 Å². The van der Waals surface area contributed by atoms with Crippen LogP contribution in [0, 0.1) is 11.7 Å². The fourth-order valence-electron chi connectivity index (χ4n) is 2.18. The highest BCUT2D eigenvalue weighted by molar-refractivity contribution is 6.42. The molecule has 0 saturated carbocycles. The van der Waals surface area contributed by atoms with Crippen molar-refractivity contribution in [2.75, 3.05) is 20.7 Å². The number of carbonyl (C=O) groups is 3. The molecule has 1 unspecified atom stereocenters. The van der Waals surface area contributed by atoms with E-state index in [-0.39, 0.29) is 18.1 Å². The number of Topliss-reactive ketones (excluding diaryl/α,β-unsaturated/α-hetero) is 1. The topological polar surface area (TPSA) is 66.9 Å². The molecule has 1 aliphatic heterocycles. The van der Waals surface area contributed by atoms with E-state index in [2.05, 4.69) is 0 Å². The molecule has 1 atom stereocenters. The first-order valence-electron chi connectivity index (χ1n) is 6.44. The van der Waals surface area contributed by atoms with Crippen LogP contribution in [-0.4, -0.2) is 48.3 Å². The number of carbonyl (C=O) groups excluding carboxylic acids is 3. The second-order valence-corrected chi connectivity index (χ2v) is 5.32. The van der Waals surface area contributed by atoms with Crippen LogP contribution in [0.1, 0.15) is 5.56 Å². The summed E-state index contributed by atoms with van der Waals surface area (Å²) in [5, 5.41) is 0.881. The number of hydroxylamine groups is 2. The maximum Gasteiger partial charge on any atom is 0.290 e. The van der Waals surface area contributed by atoms with Crippen LogP contribution in [0.3, 0.4) is 0 Å². The van der Waals surface area contributed by atoms with Gasteiger partial charge in [0, 0.05) is 13.6 Å². The van der Waals surface area contributed by atoms with E-state index in [0.29, 0.717) is 5.56 Å². The zero-order valence-electron chi connectivity index (χ0n) is 12.0. The standard InChI is InChI=1S/C14H14ClFN2O4/c1-17-7-9(12(19)14(17)21)13(20)18(22-2)6-8-3-4-11(16)10(15)5-8/h3-5,9H,6-7H2,1-2H3. The molecule has 0 spiro atoms. The van der Waals surface area contributed by atoms with Crippen LogP contribution in [0.25, 0.3) is 0 Å². The normalized spacial score (nSPS) is 18.0. The van der Waals surface area contributed by atoms with Gasteiger partial charge in [0.05, 0.1) is 18.7 Å². The van der Waals surface area contributed by atoms with Gasteiger partial charge in [0.25, 0.3) is 11.8 Å². The summed E-state index contributed by atoms with van der Waals surface area (Å²) in [6.45, 7) is -0.00243. The molecular formula is C14H14ClFN2O4. The summed E-state index contributed by atoms with van der Waals surface area (Å²) in [6, 6.07) is 3.99. The molecule has 8 heteroatoms. The van der Waals surface area contributed by atoms with Crippen LogP contribution in [0.5, 0.6) is 0 Å². The predicted octanol–water partition coefficient (Wildman–Crippen LogP) is 1.03. The van der Waals surface area contributed by atoms with Gasteiger partial charge in [0.15, 0.2) is 0 Å². The highest BCUT2D eigenvalue weighted by atomic mass is 35.5. The average molecular weight is 329 g/mol. The minimum absolute atomic E-state index is 0.0144. The molecule has 1 saturated heterocycles. The first-order chi connectivity index (χ1) is 10.3. The Morgan fingerprint density at radius 3 is 2.68 bits per heavy atom. The third-order valence-corrected chi connectivity index (χ3v) is 3.69. The molecule has 22 heavy (non-hydrogen) atoms. The van der Waals surface area contributed by atoms with Crippen molar-refractivity contribution < 1.29 is 23.6 Å². The number of benzene rings is 1. The van der Waals surface area contributed by atoms with Gasteiger partial charge in [-0.25, -0.2) is 9.45 Å². The highest BCUT2D eigenvalue weighted by Gasteiger charge is 2.43. The SMILES string of the molecule is CON(Cc1ccc(F)c(Cl)c1)C(=O)C1CN(C)C(=O)C1=O. The average Bonchev–Trinajstić information content (AvgIpc) is 2.75. The van der Waals surface area contributed by atoms with Gasteiger partial charge in [-0.1, -0.05) is 17.7 Å². The second-order valence-electron chi connectivity index (χ2n) is 4.91. The number of ketones is 1. The van der Waals surface area contributed by atoms with Crippen LogP contribution in [-0.2, 0) is 25.8 Å². The lowest BCUT2D eigenvalue weighted by Crippen LogP contribution is -2.38. The highest BCUT2D eigenvalue weighted by Crippen LogP contribution is 2.20. The molecule has 1 aliphatic rings. The molecule has 0 radical (unpaired) electrons. The Labute approximate surface area is 131 Å². The Hall–Kier alpha value is -1.99. The van der Waals surface area contributed by atoms with Crippen molar-refractivity contribution in [2.24, 2.45) is 5.92 Å². The van der Waals surface area contributed by atoms with Gasteiger partial charge in [0.1, 0.15) is 11.7 Å². The molecule has 1 fully saturated rings. The maximum absolute atomic E-state index is 13.1. The number of rotatable bonds is 4. The number of hydrogen-bond acceptors (Lipinski definition) is 4. The summed E-state index contributed by atoms with van der Waals surface area (Å²) in [5.74, 6) is -3.73. The molecule has 1 aromatic rings. The lowest BCUT2D eigenvalue weighted by molar-refractivity contribution is -0.183. The number of halogens is 2. The molecule has 2 rings (SSSR count). The lowest BCUT2D eigenvalue weighted by atomic mass is 10.1. The summed E-state index contributed by atoms with van der Waals surface area (Å²) in [5.41, 5.74) is 0.534. The first-order valence-corrected chi connectivity index (χ1v) is 6.81. The van der Waals surface area contributed by atoms with Crippen LogP contribution < -0.4 is 0 Å². The molecule has 1 heterocycles. The quantitative estimate of drug-likeness (QED) is 0.470. The number of nitrogens with zero attached hydrogens (tertiary/aromatic N) is 2. The fourth-order valence-corrected chi connectivity index (χ4v) is 2.38. The number of likely N-dealkylation sites (tertiary alicyclic amines) is 1. The Morgan fingerprint density at radius 2 is 2.18 bits per heavy atom. The van der Waals surface area contributed by atoms with Crippen LogP contribution >= 0.6 is 11.6 Å². The molecule has 0 bridgehead atoms. The van der Waals surface area contributed by atoms with E-state index in [0.717, 1.165) is 5.06 Å². The molecule has 2 amide bonds. The summed E-state index contributed by atoms with van der Waals surface area (Å²) < 4.78 is 13.1. The van der Waals surface area contributed by atoms with Gasteiger partial charge in [-0.05, 0) is 17.7 Å². The largest absolute Gasteiger partial charge is 0.338 e. The van der Waals surface area contributed by atoms with Crippen molar-refractivity contribution in [3.63, 3.8) is 0 Å². The summed E-state index contributed by atoms with van der Waals surface area (Å²) in [7, 11) is 2.72. The summed E-state index contributed by atoms with van der Waals surface area (Å²) in [4.78, 5) is 41.7. The van der Waals surface area contributed by atoms with Crippen molar-refractivity contribution >= 4 is 29.2 Å². The third-order valence-electron chi connectivity index (χ3n) is 3.40. The second kappa shape index (κ2) is 6.41. The monoisotopic (exact) mass is 328 g/mol. The van der Waals surface area contributed by atoms with Crippen molar-refractivity contribution in [3.05, 3.63) is 34.6 Å². The molecule has 118 valence electrons. The Bertz CT molecular complexity index is 637. The maximum atomic E-state index is 13.1. The zero-order chi connectivity index (χ0) is 16.4. The van der Waals surface area contributed by atoms with Crippen molar-refractivity contribution in [1.29, 1.82) is 0 Å². The summed E-state index contributed by atoms with van der Waals surface area (Å²) in [6.07, 6.45) is 0. The number of amides is 2. The Morgan fingerprint density at radius 1 is 1.50 bits per heavy atom. The van der Waals surface area contributed by atoms with E-state index in [4.69, 9.17) is 16.4 Å². The van der Waals surface area contributed by atoms with Crippen LogP contribution in [0.15, 0.2) is 18.2 Å². The van der Waals surface area contributed by atoms with E-state index in [9.17, 15) is 18.8 Å². The van der Waals surface area contributed by atoms with Gasteiger partial charge in [-0.15, -0.1) is 0 Å². The zero-order valence-corrected chi connectivity index (χ0v) is 12.8. The van der Waals surface area contributed by atoms with E-state index in [1.165, 1.54) is 37.3 Å². The molecule has 0 N–H and O–H groups in total. The minimum atomic E-state index is -1.09. The number of hydrogen-bond donors (Lipinski definition) is 0. The van der Waals surface area contributed by atoms with E-state index in [1.807, 2.05) is 0 Å². The Balaban J connectivity index is 2.14. The van der Waals surface area contributed by atoms with E-state index >= 15 is 0 Å². The van der Waals surface area contributed by atoms with Crippen LogP contribution in [0.2, 0.25) is 5.02 Å². The van der Waals surface area contributed by atoms with Gasteiger partial charge < -0.3 is 4.90 Å². The van der Waals surface area contributed by atoms with Crippen molar-refractivity contribution in [3.8, 4) is 0 Å². The lowest BCUT2D eigenvalue weighted by Gasteiger charge is -2.22. The van der Waals surface area contributed by atoms with Gasteiger partial charge >= 0.3 is 0 Å². The van der Waals surface area contributed by atoms with Gasteiger partial charge in [-0.3, -0.25) is 19.2 Å². The summed E-state index contributed by atoms with van der Waals surface area (Å²) >= 11 is 5.68. The smallest absolute Gasteiger partial charge is 0.290 e. The third kappa shape index (κ3) is 3.10. The molecular weight excluding hydrogens is 315 g/mol. The van der Waals surface area contributed by atoms with E-state index < -0.39 is 29.3 Å². The van der Waals surface area contributed by atoms with Crippen LogP contribution in [0.4, 0.5) is 4.39 Å². The van der Waals surface area contributed by atoms with Gasteiger partial charge in [-0.2, -0.15) is 0 Å². The van der Waals surface area contributed by atoms with Crippen molar-refractivity contribution in [2.45, 2.75) is 6.54 Å². The van der Waals surface area contributed by atoms with Gasteiger partial charge in [0.2, 0.25) is 5.78 Å². The van der Waals surface area contributed by atoms with E-state index in [1.54, 1.807) is 0 Å². The molecule has 0 aliphatic carbocycles. The Kier molecular flexibility index (Phi) is 4.77. The fraction of sp³-hybridized carbons (Fsp3) is 0.357. The minimum Gasteiger partial charge on any atom is -0.338 e. The number of likely N-dealkylation sites (N-methyl/N-ethyl adjacent to an activating group) is 1. The molecule has 6 nitrogen and oxygen atoms in total. The molecule has 0 aromatic heterocycles. The first kappa shape index (κ1) is 16.4. The molecule has 1 aromatic carbocycles. The predicted molar refractivity (Wildman–Crippen MR) is 75.1 cm³/mol.